The SMILES string of the molecule is CNC(=O)CNC(=O)C[C@@H]1CCC[C@H]1N. The van der Waals surface area contributed by atoms with Gasteiger partial charge in [-0.3, -0.25) is 9.59 Å². The second kappa shape index (κ2) is 5.70. The number of hydrogen-bond donors (Lipinski definition) is 3. The number of rotatable bonds is 4. The van der Waals surface area contributed by atoms with E-state index in [-0.39, 0.29) is 30.3 Å². The summed E-state index contributed by atoms with van der Waals surface area (Å²) < 4.78 is 0. The van der Waals surface area contributed by atoms with E-state index in [1.807, 2.05) is 0 Å². The number of carbonyl (C=O) groups is 2. The molecule has 0 aliphatic heterocycles. The second-order valence-electron chi connectivity index (χ2n) is 4.01. The van der Waals surface area contributed by atoms with Gasteiger partial charge in [0.05, 0.1) is 6.54 Å². The molecule has 1 aliphatic rings. The summed E-state index contributed by atoms with van der Waals surface area (Å²) in [5, 5.41) is 5.02. The minimum absolute atomic E-state index is 0.0529. The monoisotopic (exact) mass is 213 g/mol. The number of nitrogens with two attached hydrogens (primary N) is 1. The fourth-order valence-electron chi connectivity index (χ4n) is 1.90. The van der Waals surface area contributed by atoms with Crippen LogP contribution in [-0.2, 0) is 9.59 Å². The van der Waals surface area contributed by atoms with Gasteiger partial charge < -0.3 is 16.4 Å². The van der Waals surface area contributed by atoms with Crippen molar-refractivity contribution >= 4 is 11.8 Å². The van der Waals surface area contributed by atoms with Crippen LogP contribution in [0.5, 0.6) is 0 Å². The first-order valence-corrected chi connectivity index (χ1v) is 5.36. The van der Waals surface area contributed by atoms with E-state index in [2.05, 4.69) is 10.6 Å². The summed E-state index contributed by atoms with van der Waals surface area (Å²) in [6, 6.07) is 0.149. The van der Waals surface area contributed by atoms with Crippen molar-refractivity contribution in [3.63, 3.8) is 0 Å². The first kappa shape index (κ1) is 12.0. The van der Waals surface area contributed by atoms with Gasteiger partial charge in [0.1, 0.15) is 0 Å². The highest BCUT2D eigenvalue weighted by atomic mass is 16.2. The van der Waals surface area contributed by atoms with Gasteiger partial charge in [-0.25, -0.2) is 0 Å². The number of hydrogen-bond acceptors (Lipinski definition) is 3. The van der Waals surface area contributed by atoms with Gasteiger partial charge in [0.25, 0.3) is 0 Å². The highest BCUT2D eigenvalue weighted by Crippen LogP contribution is 2.26. The molecule has 1 aliphatic carbocycles. The Balaban J connectivity index is 2.21. The van der Waals surface area contributed by atoms with Gasteiger partial charge in [-0.05, 0) is 18.8 Å². The molecule has 1 saturated carbocycles. The molecule has 0 radical (unpaired) electrons. The van der Waals surface area contributed by atoms with Crippen LogP contribution in [0.15, 0.2) is 0 Å². The third-order valence-electron chi connectivity index (χ3n) is 2.89. The van der Waals surface area contributed by atoms with Crippen molar-refractivity contribution in [2.75, 3.05) is 13.6 Å². The summed E-state index contributed by atoms with van der Waals surface area (Å²) >= 11 is 0. The maximum absolute atomic E-state index is 11.4. The van der Waals surface area contributed by atoms with Crippen molar-refractivity contribution in [1.82, 2.24) is 10.6 Å². The molecule has 2 amide bonds. The van der Waals surface area contributed by atoms with Crippen LogP contribution < -0.4 is 16.4 Å². The summed E-state index contributed by atoms with van der Waals surface area (Å²) in [5.74, 6) is 0.0229. The Morgan fingerprint density at radius 2 is 2.07 bits per heavy atom. The highest BCUT2D eigenvalue weighted by Gasteiger charge is 2.25. The Labute approximate surface area is 89.8 Å². The summed E-state index contributed by atoms with van der Waals surface area (Å²) in [4.78, 5) is 22.3. The molecule has 4 N–H and O–H groups in total. The second-order valence-corrected chi connectivity index (χ2v) is 4.01. The molecule has 0 bridgehead atoms. The zero-order chi connectivity index (χ0) is 11.3. The van der Waals surface area contributed by atoms with Crippen molar-refractivity contribution in [1.29, 1.82) is 0 Å². The molecule has 0 saturated heterocycles. The average molecular weight is 213 g/mol. The normalized spacial score (nSPS) is 24.9. The van der Waals surface area contributed by atoms with Gasteiger partial charge in [0.2, 0.25) is 11.8 Å². The standard InChI is InChI=1S/C10H19N3O2/c1-12-10(15)6-13-9(14)5-7-3-2-4-8(7)11/h7-8H,2-6,11H2,1H3,(H,12,15)(H,13,14)/t7-,8+/m0/s1. The van der Waals surface area contributed by atoms with Crippen LogP contribution in [0.3, 0.4) is 0 Å². The van der Waals surface area contributed by atoms with Crippen molar-refractivity contribution < 1.29 is 9.59 Å². The van der Waals surface area contributed by atoms with Crippen molar-refractivity contribution in [2.45, 2.75) is 31.7 Å². The molecule has 0 aromatic carbocycles. The molecule has 86 valence electrons. The van der Waals surface area contributed by atoms with Gasteiger partial charge in [-0.1, -0.05) is 6.42 Å². The molecule has 1 rings (SSSR count). The van der Waals surface area contributed by atoms with Crippen LogP contribution in [-0.4, -0.2) is 31.4 Å². The van der Waals surface area contributed by atoms with Crippen LogP contribution in [0, 0.1) is 5.92 Å². The van der Waals surface area contributed by atoms with Crippen molar-refractivity contribution in [3.05, 3.63) is 0 Å². The van der Waals surface area contributed by atoms with Crippen molar-refractivity contribution in [3.8, 4) is 0 Å². The molecule has 5 heteroatoms. The number of amides is 2. The van der Waals surface area contributed by atoms with Gasteiger partial charge >= 0.3 is 0 Å². The molecule has 1 fully saturated rings. The minimum Gasteiger partial charge on any atom is -0.358 e. The third kappa shape index (κ3) is 3.87. The largest absolute Gasteiger partial charge is 0.358 e. The quantitative estimate of drug-likeness (QED) is 0.581. The lowest BCUT2D eigenvalue weighted by molar-refractivity contribution is -0.126. The molecule has 0 unspecified atom stereocenters. The van der Waals surface area contributed by atoms with Gasteiger partial charge in [-0.2, -0.15) is 0 Å². The van der Waals surface area contributed by atoms with E-state index >= 15 is 0 Å². The van der Waals surface area contributed by atoms with Crippen LogP contribution >= 0.6 is 0 Å². The first-order chi connectivity index (χ1) is 7.13. The summed E-state index contributed by atoms with van der Waals surface area (Å²) in [6.07, 6.45) is 3.58. The molecule has 0 aromatic rings. The molecule has 0 aromatic heterocycles. The van der Waals surface area contributed by atoms with Gasteiger partial charge in [0.15, 0.2) is 0 Å². The molecule has 15 heavy (non-hydrogen) atoms. The molecule has 0 heterocycles. The summed E-state index contributed by atoms with van der Waals surface area (Å²) in [7, 11) is 1.54. The van der Waals surface area contributed by atoms with E-state index in [0.717, 1.165) is 19.3 Å². The van der Waals surface area contributed by atoms with E-state index in [4.69, 9.17) is 5.73 Å². The summed E-state index contributed by atoms with van der Waals surface area (Å²) in [6.45, 7) is 0.0529. The fraction of sp³-hybridized carbons (Fsp3) is 0.800. The van der Waals surface area contributed by atoms with E-state index < -0.39 is 0 Å². The highest BCUT2D eigenvalue weighted by molar-refractivity contribution is 5.84. The Bertz CT molecular complexity index is 243. The predicted molar refractivity (Wildman–Crippen MR) is 57.0 cm³/mol. The van der Waals surface area contributed by atoms with Crippen LogP contribution in [0.2, 0.25) is 0 Å². The Hall–Kier alpha value is -1.10. The number of nitrogens with one attached hydrogen (secondary N) is 2. The topological polar surface area (TPSA) is 84.2 Å². The number of carbonyl (C=O) groups excluding carboxylic acids is 2. The van der Waals surface area contributed by atoms with Gasteiger partial charge in [-0.15, -0.1) is 0 Å². The molecule has 0 spiro atoms. The Kier molecular flexibility index (Phi) is 4.55. The molecule has 2 atom stereocenters. The molecular weight excluding hydrogens is 194 g/mol. The molecular formula is C10H19N3O2. The van der Waals surface area contributed by atoms with Crippen molar-refractivity contribution in [2.24, 2.45) is 11.7 Å². The maximum Gasteiger partial charge on any atom is 0.239 e. The average Bonchev–Trinajstić information content (AvgIpc) is 2.61. The lowest BCUT2D eigenvalue weighted by Crippen LogP contribution is -2.37. The van der Waals surface area contributed by atoms with Crippen LogP contribution in [0.1, 0.15) is 25.7 Å². The van der Waals surface area contributed by atoms with E-state index in [1.54, 1.807) is 7.05 Å². The Morgan fingerprint density at radius 3 is 2.60 bits per heavy atom. The zero-order valence-corrected chi connectivity index (χ0v) is 9.08. The predicted octanol–water partition coefficient (Wildman–Crippen LogP) is -0.634. The van der Waals surface area contributed by atoms with E-state index in [1.165, 1.54) is 0 Å². The third-order valence-corrected chi connectivity index (χ3v) is 2.89. The van der Waals surface area contributed by atoms with Gasteiger partial charge in [0, 0.05) is 19.5 Å². The maximum atomic E-state index is 11.4. The molecule has 5 nitrogen and oxygen atoms in total. The van der Waals surface area contributed by atoms with Crippen LogP contribution in [0.4, 0.5) is 0 Å². The zero-order valence-electron chi connectivity index (χ0n) is 9.08. The summed E-state index contributed by atoms with van der Waals surface area (Å²) in [5.41, 5.74) is 5.85. The minimum atomic E-state index is -0.181. The first-order valence-electron chi connectivity index (χ1n) is 5.36. The van der Waals surface area contributed by atoms with E-state index in [0.29, 0.717) is 6.42 Å². The number of likely N-dealkylation sites (N-methyl/N-ethyl adjacent to an activating group) is 1. The van der Waals surface area contributed by atoms with E-state index in [9.17, 15) is 9.59 Å². The lowest BCUT2D eigenvalue weighted by Gasteiger charge is -2.14. The Morgan fingerprint density at radius 1 is 1.33 bits per heavy atom. The lowest BCUT2D eigenvalue weighted by atomic mass is 10.00. The smallest absolute Gasteiger partial charge is 0.239 e. The fourth-order valence-corrected chi connectivity index (χ4v) is 1.90. The van der Waals surface area contributed by atoms with Crippen LogP contribution in [0.25, 0.3) is 0 Å².